The molecule has 1 aliphatic carbocycles. The van der Waals surface area contributed by atoms with Crippen molar-refractivity contribution >= 4 is 17.5 Å². The lowest BCUT2D eigenvalue weighted by Gasteiger charge is -2.19. The fourth-order valence-corrected chi connectivity index (χ4v) is 4.84. The van der Waals surface area contributed by atoms with Crippen molar-refractivity contribution in [3.05, 3.63) is 82.7 Å². The molecule has 3 atom stereocenters. The summed E-state index contributed by atoms with van der Waals surface area (Å²) < 4.78 is 1.43. The molecule has 1 aliphatic heterocycles. The third kappa shape index (κ3) is 3.63. The smallest absolute Gasteiger partial charge is 0.354 e. The average Bonchev–Trinajstić information content (AvgIpc) is 3.39. The van der Waals surface area contributed by atoms with Crippen molar-refractivity contribution in [3.8, 4) is 23.0 Å². The summed E-state index contributed by atoms with van der Waals surface area (Å²) >= 11 is 0. The number of hydrogen-bond donors (Lipinski definition) is 2. The number of H-pyrrole nitrogens is 1. The lowest BCUT2D eigenvalue weighted by Crippen LogP contribution is -2.32. The van der Waals surface area contributed by atoms with E-state index in [0.717, 1.165) is 17.5 Å². The minimum absolute atomic E-state index is 0.0856. The van der Waals surface area contributed by atoms with Crippen LogP contribution in [0.25, 0.3) is 16.9 Å². The zero-order valence-corrected chi connectivity index (χ0v) is 18.5. The van der Waals surface area contributed by atoms with Gasteiger partial charge in [-0.25, -0.2) is 9.78 Å². The summed E-state index contributed by atoms with van der Waals surface area (Å²) in [5, 5.41) is 16.3. The predicted molar refractivity (Wildman–Crippen MR) is 127 cm³/mol. The largest absolute Gasteiger partial charge is 0.383 e. The van der Waals surface area contributed by atoms with Gasteiger partial charge in [-0.2, -0.15) is 15.3 Å². The van der Waals surface area contributed by atoms with Gasteiger partial charge >= 0.3 is 5.69 Å². The fraction of sp³-hybridized carbons (Fsp3) is 0.200. The number of nitrogens with two attached hydrogens (primary N) is 1. The van der Waals surface area contributed by atoms with E-state index >= 15 is 0 Å². The van der Waals surface area contributed by atoms with E-state index in [2.05, 4.69) is 20.2 Å². The Labute approximate surface area is 199 Å². The summed E-state index contributed by atoms with van der Waals surface area (Å²) in [5.41, 5.74) is 8.65. The van der Waals surface area contributed by atoms with Crippen LogP contribution in [-0.4, -0.2) is 36.7 Å². The maximum absolute atomic E-state index is 13.3. The molecular formula is C25H20N8O2. The quantitative estimate of drug-likeness (QED) is 0.459. The number of aromatic amines is 1. The van der Waals surface area contributed by atoms with Crippen LogP contribution in [0.3, 0.4) is 0 Å². The molecule has 10 heteroatoms. The molecule has 0 radical (unpaired) electrons. The summed E-state index contributed by atoms with van der Waals surface area (Å²) in [6.45, 7) is 0. The monoisotopic (exact) mass is 464 g/mol. The number of rotatable bonds is 5. The van der Waals surface area contributed by atoms with Crippen molar-refractivity contribution in [3.63, 3.8) is 0 Å². The van der Waals surface area contributed by atoms with E-state index in [1.54, 1.807) is 30.6 Å². The highest BCUT2D eigenvalue weighted by atomic mass is 16.2. The number of nitrogen functional groups attached to an aromatic ring is 1. The van der Waals surface area contributed by atoms with Gasteiger partial charge in [0.2, 0.25) is 5.91 Å². The van der Waals surface area contributed by atoms with Crippen molar-refractivity contribution in [2.24, 2.45) is 11.8 Å². The number of nitriles is 1. The first-order chi connectivity index (χ1) is 17.0. The third-order valence-electron chi connectivity index (χ3n) is 6.70. The molecule has 3 N–H and O–H groups in total. The number of fused-ring (bicyclic) bond motifs is 1. The van der Waals surface area contributed by atoms with Gasteiger partial charge in [0.15, 0.2) is 0 Å². The Morgan fingerprint density at radius 3 is 2.69 bits per heavy atom. The number of benzene rings is 1. The maximum atomic E-state index is 13.3. The standard InChI is InChI=1S/C25H20N8O2/c26-12-16-4-3-15(13-28-16)20-11-23(31-30-20)33-21-10-18(21)19(24(33)34)9-14-1-5-17(6-2-14)32-8-7-22(27)29-25(32)35/h1-8,11,13,18-19,21H,9-10H2,(H,30,31)(H2,27,29,35). The zero-order chi connectivity index (χ0) is 24.1. The average molecular weight is 464 g/mol. The van der Waals surface area contributed by atoms with Gasteiger partial charge in [-0.05, 0) is 54.7 Å². The van der Waals surface area contributed by atoms with Crippen molar-refractivity contribution < 1.29 is 4.79 Å². The topological polar surface area (TPSA) is 147 Å². The van der Waals surface area contributed by atoms with Crippen molar-refractivity contribution in [2.45, 2.75) is 18.9 Å². The molecule has 0 bridgehead atoms. The Morgan fingerprint density at radius 1 is 1.14 bits per heavy atom. The highest BCUT2D eigenvalue weighted by Gasteiger charge is 2.58. The first-order valence-electron chi connectivity index (χ1n) is 11.2. The van der Waals surface area contributed by atoms with E-state index in [1.807, 2.05) is 41.3 Å². The van der Waals surface area contributed by atoms with Crippen LogP contribution in [0.15, 0.2) is 65.7 Å². The Hall–Kier alpha value is -4.78. The van der Waals surface area contributed by atoms with Crippen LogP contribution in [-0.2, 0) is 11.2 Å². The molecule has 1 saturated heterocycles. The summed E-state index contributed by atoms with van der Waals surface area (Å²) in [7, 11) is 0. The Morgan fingerprint density at radius 2 is 1.97 bits per heavy atom. The van der Waals surface area contributed by atoms with Crippen LogP contribution in [0.2, 0.25) is 0 Å². The van der Waals surface area contributed by atoms with Crippen LogP contribution < -0.4 is 16.3 Å². The van der Waals surface area contributed by atoms with Gasteiger partial charge in [-0.15, -0.1) is 0 Å². The van der Waals surface area contributed by atoms with Crippen LogP contribution in [0.4, 0.5) is 11.6 Å². The van der Waals surface area contributed by atoms with E-state index in [4.69, 9.17) is 11.0 Å². The van der Waals surface area contributed by atoms with Crippen molar-refractivity contribution in [1.82, 2.24) is 24.7 Å². The van der Waals surface area contributed by atoms with Gasteiger partial charge in [0.1, 0.15) is 23.4 Å². The SMILES string of the molecule is N#Cc1ccc(-c2cc(N3C(=O)C(Cc4ccc(-n5ccc(N)nc5=O)cc4)C4CC43)[nH]n2)cn1. The maximum Gasteiger partial charge on any atom is 0.354 e. The van der Waals surface area contributed by atoms with Gasteiger partial charge in [0.05, 0.1) is 11.4 Å². The number of amides is 1. The molecular weight excluding hydrogens is 444 g/mol. The molecule has 2 aliphatic rings. The Bertz CT molecular complexity index is 1530. The highest BCUT2D eigenvalue weighted by Crippen LogP contribution is 2.51. The lowest BCUT2D eigenvalue weighted by molar-refractivity contribution is -0.121. The van der Waals surface area contributed by atoms with E-state index in [0.29, 0.717) is 35.2 Å². The fourth-order valence-electron chi connectivity index (χ4n) is 4.84. The number of nitrogens with one attached hydrogen (secondary N) is 1. The van der Waals surface area contributed by atoms with Crippen LogP contribution in [0.5, 0.6) is 0 Å². The lowest BCUT2D eigenvalue weighted by atomic mass is 9.95. The first kappa shape index (κ1) is 20.8. The Balaban J connectivity index is 1.18. The van der Waals surface area contributed by atoms with Gasteiger partial charge in [0.25, 0.3) is 0 Å². The molecule has 10 nitrogen and oxygen atoms in total. The molecule has 3 aromatic heterocycles. The number of nitrogens with zero attached hydrogens (tertiary/aromatic N) is 6. The molecule has 1 amide bonds. The number of carbonyl (C=O) groups is 1. The number of anilines is 2. The second-order valence-electron chi connectivity index (χ2n) is 8.84. The van der Waals surface area contributed by atoms with Crippen molar-refractivity contribution in [1.29, 1.82) is 5.26 Å². The van der Waals surface area contributed by atoms with E-state index in [9.17, 15) is 9.59 Å². The highest BCUT2D eigenvalue weighted by molar-refractivity contribution is 5.99. The van der Waals surface area contributed by atoms with Crippen LogP contribution >= 0.6 is 0 Å². The number of pyridine rings is 1. The second-order valence-corrected chi connectivity index (χ2v) is 8.84. The van der Waals surface area contributed by atoms with Gasteiger partial charge < -0.3 is 5.73 Å². The number of carbonyl (C=O) groups excluding carboxylic acids is 1. The van der Waals surface area contributed by atoms with Crippen molar-refractivity contribution in [2.75, 3.05) is 10.6 Å². The van der Waals surface area contributed by atoms with Gasteiger partial charge in [-0.3, -0.25) is 19.4 Å². The molecule has 35 heavy (non-hydrogen) atoms. The van der Waals surface area contributed by atoms with Gasteiger partial charge in [0, 0.05) is 36.0 Å². The summed E-state index contributed by atoms with van der Waals surface area (Å²) in [6, 6.07) is 16.6. The summed E-state index contributed by atoms with van der Waals surface area (Å²) in [5.74, 6) is 1.16. The molecule has 1 aromatic carbocycles. The van der Waals surface area contributed by atoms with Gasteiger partial charge in [-0.1, -0.05) is 12.1 Å². The molecule has 4 aromatic rings. The van der Waals surface area contributed by atoms with E-state index in [-0.39, 0.29) is 23.7 Å². The molecule has 0 spiro atoms. The molecule has 6 rings (SSSR count). The minimum atomic E-state index is -0.434. The molecule has 4 heterocycles. The molecule has 172 valence electrons. The number of aromatic nitrogens is 5. The first-order valence-corrected chi connectivity index (χ1v) is 11.2. The van der Waals surface area contributed by atoms with Crippen LogP contribution in [0, 0.1) is 23.2 Å². The summed E-state index contributed by atoms with van der Waals surface area (Å²) in [4.78, 5) is 35.1. The Kier molecular flexibility index (Phi) is 4.70. The number of hydrogen-bond acceptors (Lipinski definition) is 7. The predicted octanol–water partition coefficient (Wildman–Crippen LogP) is 2.07. The minimum Gasteiger partial charge on any atom is -0.383 e. The zero-order valence-electron chi connectivity index (χ0n) is 18.5. The molecule has 3 unspecified atom stereocenters. The van der Waals surface area contributed by atoms with E-state index in [1.165, 1.54) is 4.57 Å². The van der Waals surface area contributed by atoms with E-state index < -0.39 is 5.69 Å². The summed E-state index contributed by atoms with van der Waals surface area (Å²) in [6.07, 6.45) is 4.80. The van der Waals surface area contributed by atoms with Crippen LogP contribution in [0.1, 0.15) is 17.7 Å². The molecule has 2 fully saturated rings. The second kappa shape index (κ2) is 7.92. The molecule has 1 saturated carbocycles. The third-order valence-corrected chi connectivity index (χ3v) is 6.70. The number of piperidine rings is 1. The normalized spacial score (nSPS) is 20.5.